The number of hydrogen-bond acceptors (Lipinski definition) is 4. The Morgan fingerprint density at radius 2 is 2.14 bits per heavy atom. The van der Waals surface area contributed by atoms with Gasteiger partial charge in [0.05, 0.1) is 12.5 Å². The number of rotatable bonds is 5. The lowest BCUT2D eigenvalue weighted by Gasteiger charge is -2.20. The first kappa shape index (κ1) is 16.5. The van der Waals surface area contributed by atoms with Gasteiger partial charge in [-0.25, -0.2) is 9.80 Å². The molecule has 1 aromatic carbocycles. The van der Waals surface area contributed by atoms with Crippen LogP contribution in [0.1, 0.15) is 26.3 Å². The number of hydrazone groups is 1. The quantitative estimate of drug-likeness (QED) is 0.783. The second-order valence-corrected chi connectivity index (χ2v) is 5.61. The molecular weight excluding hydrogens is 304 g/mol. The molecule has 2 atom stereocenters. The van der Waals surface area contributed by atoms with E-state index in [4.69, 9.17) is 16.3 Å². The molecule has 1 aromatic rings. The molecule has 0 N–H and O–H groups in total. The van der Waals surface area contributed by atoms with Gasteiger partial charge in [-0.1, -0.05) is 29.8 Å². The molecule has 5 nitrogen and oxygen atoms in total. The van der Waals surface area contributed by atoms with Gasteiger partial charge in [-0.2, -0.15) is 5.10 Å². The molecule has 0 radical (unpaired) electrons. The van der Waals surface area contributed by atoms with E-state index in [0.717, 1.165) is 5.56 Å². The zero-order valence-corrected chi connectivity index (χ0v) is 13.6. The predicted molar refractivity (Wildman–Crippen MR) is 84.7 cm³/mol. The fourth-order valence-corrected chi connectivity index (χ4v) is 2.60. The number of halogens is 1. The molecule has 2 rings (SSSR count). The van der Waals surface area contributed by atoms with Crippen molar-refractivity contribution in [3.05, 3.63) is 34.9 Å². The van der Waals surface area contributed by atoms with Crippen LogP contribution in [0, 0.1) is 5.92 Å². The van der Waals surface area contributed by atoms with E-state index in [0.29, 0.717) is 17.2 Å². The summed E-state index contributed by atoms with van der Waals surface area (Å²) in [4.78, 5) is 24.3. The minimum absolute atomic E-state index is 0.196. The summed E-state index contributed by atoms with van der Waals surface area (Å²) in [6.07, 6.45) is 0.472. The Hall–Kier alpha value is -1.88. The van der Waals surface area contributed by atoms with Crippen LogP contribution >= 0.6 is 11.6 Å². The Balaban J connectivity index is 2.14. The van der Waals surface area contributed by atoms with Crippen LogP contribution in [0.15, 0.2) is 29.4 Å². The number of ether oxygens (including phenoxy) is 1. The van der Waals surface area contributed by atoms with Crippen LogP contribution in [0.25, 0.3) is 0 Å². The Morgan fingerprint density at radius 3 is 2.77 bits per heavy atom. The van der Waals surface area contributed by atoms with E-state index in [9.17, 15) is 9.59 Å². The van der Waals surface area contributed by atoms with Crippen LogP contribution in [0.5, 0.6) is 0 Å². The van der Waals surface area contributed by atoms with Crippen molar-refractivity contribution in [1.82, 2.24) is 5.01 Å². The Kier molecular flexibility index (Phi) is 5.19. The molecule has 1 heterocycles. The smallest absolute Gasteiger partial charge is 0.330 e. The van der Waals surface area contributed by atoms with Crippen LogP contribution in [-0.4, -0.2) is 35.2 Å². The summed E-state index contributed by atoms with van der Waals surface area (Å²) in [5.41, 5.74) is 1.57. The van der Waals surface area contributed by atoms with Crippen molar-refractivity contribution < 1.29 is 14.3 Å². The van der Waals surface area contributed by atoms with Gasteiger partial charge in [0, 0.05) is 10.7 Å². The largest absolute Gasteiger partial charge is 0.464 e. The van der Waals surface area contributed by atoms with Crippen molar-refractivity contribution in [2.75, 3.05) is 6.61 Å². The average molecular weight is 323 g/mol. The molecule has 2 unspecified atom stereocenters. The number of nitrogens with zero attached hydrogens (tertiary/aromatic N) is 2. The normalized spacial score (nSPS) is 19.1. The molecule has 0 spiro atoms. The Labute approximate surface area is 134 Å². The first-order valence-corrected chi connectivity index (χ1v) is 7.61. The molecule has 0 aromatic heterocycles. The topological polar surface area (TPSA) is 59.0 Å². The van der Waals surface area contributed by atoms with Gasteiger partial charge in [0.1, 0.15) is 6.04 Å². The molecule has 1 aliphatic heterocycles. The SMILES string of the molecule is CCOC(=O)C(C)N1N=C(C)C(Cc2ccccc2Cl)C1=O. The van der Waals surface area contributed by atoms with E-state index < -0.39 is 17.9 Å². The van der Waals surface area contributed by atoms with Crippen molar-refractivity contribution in [1.29, 1.82) is 0 Å². The van der Waals surface area contributed by atoms with E-state index in [1.807, 2.05) is 18.2 Å². The minimum atomic E-state index is -0.723. The van der Waals surface area contributed by atoms with Gasteiger partial charge in [-0.15, -0.1) is 0 Å². The monoisotopic (exact) mass is 322 g/mol. The molecule has 0 bridgehead atoms. The van der Waals surface area contributed by atoms with Gasteiger partial charge in [-0.05, 0) is 38.8 Å². The summed E-state index contributed by atoms with van der Waals surface area (Å²) in [6.45, 7) is 5.41. The molecule has 0 fully saturated rings. The first-order valence-electron chi connectivity index (χ1n) is 7.24. The lowest BCUT2D eigenvalue weighted by Crippen LogP contribution is -2.40. The van der Waals surface area contributed by atoms with Crippen LogP contribution < -0.4 is 0 Å². The second-order valence-electron chi connectivity index (χ2n) is 5.20. The van der Waals surface area contributed by atoms with E-state index in [-0.39, 0.29) is 12.5 Å². The minimum Gasteiger partial charge on any atom is -0.464 e. The van der Waals surface area contributed by atoms with Gasteiger partial charge in [0.15, 0.2) is 0 Å². The number of esters is 1. The third-order valence-electron chi connectivity index (χ3n) is 3.67. The molecule has 1 aliphatic rings. The number of carbonyl (C=O) groups excluding carboxylic acids is 2. The number of carbonyl (C=O) groups is 2. The zero-order valence-electron chi connectivity index (χ0n) is 12.9. The highest BCUT2D eigenvalue weighted by Gasteiger charge is 2.38. The van der Waals surface area contributed by atoms with Crippen LogP contribution in [0.3, 0.4) is 0 Å². The fourth-order valence-electron chi connectivity index (χ4n) is 2.39. The highest BCUT2D eigenvalue weighted by molar-refractivity contribution is 6.31. The molecule has 0 saturated heterocycles. The summed E-state index contributed by atoms with van der Waals surface area (Å²) in [6, 6.07) is 6.69. The van der Waals surface area contributed by atoms with Crippen LogP contribution in [-0.2, 0) is 20.7 Å². The maximum Gasteiger partial charge on any atom is 0.330 e. The Morgan fingerprint density at radius 1 is 1.45 bits per heavy atom. The number of hydrogen-bond donors (Lipinski definition) is 0. The van der Waals surface area contributed by atoms with Crippen molar-refractivity contribution in [3.8, 4) is 0 Å². The van der Waals surface area contributed by atoms with Crippen LogP contribution in [0.4, 0.5) is 0 Å². The molecular formula is C16H19ClN2O3. The first-order chi connectivity index (χ1) is 10.5. The summed E-state index contributed by atoms with van der Waals surface area (Å²) in [5, 5.41) is 6.08. The van der Waals surface area contributed by atoms with E-state index in [1.165, 1.54) is 5.01 Å². The average Bonchev–Trinajstić information content (AvgIpc) is 2.77. The predicted octanol–water partition coefficient (Wildman–Crippen LogP) is 2.67. The lowest BCUT2D eigenvalue weighted by atomic mass is 9.95. The molecule has 0 aliphatic carbocycles. The molecule has 22 heavy (non-hydrogen) atoms. The van der Waals surface area contributed by atoms with Gasteiger partial charge < -0.3 is 4.74 Å². The van der Waals surface area contributed by atoms with Gasteiger partial charge in [0.25, 0.3) is 5.91 Å². The molecule has 6 heteroatoms. The molecule has 0 saturated carbocycles. The van der Waals surface area contributed by atoms with Gasteiger partial charge in [0.2, 0.25) is 0 Å². The van der Waals surface area contributed by atoms with Crippen molar-refractivity contribution in [2.45, 2.75) is 33.2 Å². The highest BCUT2D eigenvalue weighted by Crippen LogP contribution is 2.25. The number of amides is 1. The standard InChI is InChI=1S/C16H19ClN2O3/c1-4-22-16(21)11(3)19-15(20)13(10(2)18-19)9-12-7-5-6-8-14(12)17/h5-8,11,13H,4,9H2,1-3H3. The summed E-state index contributed by atoms with van der Waals surface area (Å²) in [7, 11) is 0. The van der Waals surface area contributed by atoms with Crippen molar-refractivity contribution in [3.63, 3.8) is 0 Å². The maximum absolute atomic E-state index is 12.5. The van der Waals surface area contributed by atoms with Gasteiger partial charge >= 0.3 is 5.97 Å². The molecule has 118 valence electrons. The maximum atomic E-state index is 12.5. The zero-order chi connectivity index (χ0) is 16.3. The molecule has 1 amide bonds. The van der Waals surface area contributed by atoms with E-state index in [1.54, 1.807) is 26.8 Å². The lowest BCUT2D eigenvalue weighted by molar-refractivity contribution is -0.153. The summed E-state index contributed by atoms with van der Waals surface area (Å²) in [5.74, 6) is -1.04. The summed E-state index contributed by atoms with van der Waals surface area (Å²) < 4.78 is 4.95. The Bertz CT molecular complexity index is 615. The van der Waals surface area contributed by atoms with Gasteiger partial charge in [-0.3, -0.25) is 4.79 Å². The number of benzene rings is 1. The second kappa shape index (κ2) is 6.92. The van der Waals surface area contributed by atoms with Crippen molar-refractivity contribution in [2.24, 2.45) is 11.0 Å². The summed E-state index contributed by atoms with van der Waals surface area (Å²) >= 11 is 6.15. The fraction of sp³-hybridized carbons (Fsp3) is 0.438. The third-order valence-corrected chi connectivity index (χ3v) is 4.04. The van der Waals surface area contributed by atoms with E-state index in [2.05, 4.69) is 5.10 Å². The van der Waals surface area contributed by atoms with Crippen molar-refractivity contribution >= 4 is 29.2 Å². The van der Waals surface area contributed by atoms with Crippen LogP contribution in [0.2, 0.25) is 5.02 Å². The van der Waals surface area contributed by atoms with E-state index >= 15 is 0 Å². The highest BCUT2D eigenvalue weighted by atomic mass is 35.5. The third kappa shape index (κ3) is 3.30.